The predicted molar refractivity (Wildman–Crippen MR) is 117 cm³/mol. The lowest BCUT2D eigenvalue weighted by molar-refractivity contribution is 0.223. The minimum atomic E-state index is 0.183. The molecule has 122 valence electrons. The first kappa shape index (κ1) is 20.4. The Labute approximate surface area is 171 Å². The maximum atomic E-state index is 4.84. The van der Waals surface area contributed by atoms with Gasteiger partial charge in [0.05, 0.1) is 9.11 Å². The number of hydrogen-bond donors (Lipinski definition) is 0. The molecule has 1 heterocycles. The largest absolute Gasteiger partial charge is 0.251 e. The number of halogens is 3. The highest BCUT2D eigenvalue weighted by Gasteiger charge is 2.30. The zero-order valence-electron chi connectivity index (χ0n) is 13.4. The van der Waals surface area contributed by atoms with Crippen LogP contribution in [0.25, 0.3) is 0 Å². The Morgan fingerprint density at radius 2 is 1.48 bits per heavy atom. The van der Waals surface area contributed by atoms with Gasteiger partial charge in [0.1, 0.15) is 7.40 Å². The van der Waals surface area contributed by atoms with Crippen LogP contribution in [0.15, 0.2) is 0 Å². The Balaban J connectivity index is 2.79. The van der Waals surface area contributed by atoms with Crippen molar-refractivity contribution in [2.45, 2.75) is 84.1 Å². The molecule has 0 fully saturated rings. The fourth-order valence-electron chi connectivity index (χ4n) is 2.72. The second-order valence-corrected chi connectivity index (χ2v) is 9.19. The van der Waals surface area contributed by atoms with Crippen LogP contribution in [0.5, 0.6) is 0 Å². The summed E-state index contributed by atoms with van der Waals surface area (Å²) in [7, 11) is 0. The van der Waals surface area contributed by atoms with Crippen molar-refractivity contribution in [2.75, 3.05) is 0 Å². The molecule has 5 heteroatoms. The van der Waals surface area contributed by atoms with Crippen molar-refractivity contribution >= 4 is 67.8 Å². The van der Waals surface area contributed by atoms with E-state index in [9.17, 15) is 0 Å². The maximum Gasteiger partial charge on any atom is 0.137 e. The number of nitrogens with zero attached hydrogens (tertiary/aromatic N) is 2. The van der Waals surface area contributed by atoms with E-state index in [-0.39, 0.29) is 5.54 Å². The Bertz CT molecular complexity index is 431. The van der Waals surface area contributed by atoms with Crippen molar-refractivity contribution < 1.29 is 0 Å². The normalized spacial score (nSPS) is 14.4. The molecule has 0 saturated carbocycles. The topological polar surface area (TPSA) is 17.8 Å². The molecule has 1 aromatic heterocycles. The molecular weight excluding hydrogens is 601 g/mol. The zero-order valence-corrected chi connectivity index (χ0v) is 19.9. The summed E-state index contributed by atoms with van der Waals surface area (Å²) in [6, 6.07) is 0. The van der Waals surface area contributed by atoms with Crippen molar-refractivity contribution in [1.29, 1.82) is 0 Å². The molecular formula is C16H27I3N2. The molecule has 0 amide bonds. The highest BCUT2D eigenvalue weighted by Crippen LogP contribution is 2.34. The molecule has 0 radical (unpaired) electrons. The van der Waals surface area contributed by atoms with Gasteiger partial charge in [0.25, 0.3) is 0 Å². The predicted octanol–water partition coefficient (Wildman–Crippen LogP) is 6.96. The number of hydrogen-bond acceptors (Lipinski definition) is 1. The van der Waals surface area contributed by atoms with Crippen LogP contribution >= 0.6 is 67.8 Å². The standard InChI is InChI=1S/C16H27I3N2/c1-4-6-8-9-10-12-16(3,11-7-5-2)21-15(19)13(17)14(18)20-21/h4-12H2,1-3H3. The van der Waals surface area contributed by atoms with Gasteiger partial charge in [0.2, 0.25) is 0 Å². The molecule has 0 spiro atoms. The molecule has 1 rings (SSSR count). The van der Waals surface area contributed by atoms with Crippen LogP contribution in [0, 0.1) is 11.0 Å². The average molecular weight is 628 g/mol. The number of rotatable bonds is 10. The Morgan fingerprint density at radius 1 is 0.905 bits per heavy atom. The van der Waals surface area contributed by atoms with Gasteiger partial charge in [-0.25, -0.2) is 0 Å². The highest BCUT2D eigenvalue weighted by atomic mass is 127. The highest BCUT2D eigenvalue weighted by molar-refractivity contribution is 14.1. The van der Waals surface area contributed by atoms with E-state index < -0.39 is 0 Å². The monoisotopic (exact) mass is 628 g/mol. The van der Waals surface area contributed by atoms with E-state index in [0.29, 0.717) is 0 Å². The molecule has 2 nitrogen and oxygen atoms in total. The molecule has 1 unspecified atom stereocenters. The summed E-state index contributed by atoms with van der Waals surface area (Å²) in [5.74, 6) is 0. The molecule has 0 aliphatic rings. The molecule has 1 atom stereocenters. The summed E-state index contributed by atoms with van der Waals surface area (Å²) in [6.45, 7) is 6.97. The summed E-state index contributed by atoms with van der Waals surface area (Å²) in [5.41, 5.74) is 0.183. The first-order chi connectivity index (χ1) is 9.96. The molecule has 0 bridgehead atoms. The van der Waals surface area contributed by atoms with Crippen LogP contribution in [0.2, 0.25) is 0 Å². The molecule has 0 aromatic carbocycles. The second-order valence-electron chi connectivity index (χ2n) is 6.07. The smallest absolute Gasteiger partial charge is 0.137 e. The van der Waals surface area contributed by atoms with E-state index in [1.807, 2.05) is 0 Å². The number of unbranched alkanes of at least 4 members (excludes halogenated alkanes) is 5. The summed E-state index contributed by atoms with van der Waals surface area (Å²) in [4.78, 5) is 0. The van der Waals surface area contributed by atoms with Gasteiger partial charge in [-0.15, -0.1) is 0 Å². The fraction of sp³-hybridized carbons (Fsp3) is 0.812. The summed E-state index contributed by atoms with van der Waals surface area (Å²) < 4.78 is 6.07. The quantitative estimate of drug-likeness (QED) is 0.203. The van der Waals surface area contributed by atoms with E-state index >= 15 is 0 Å². The molecule has 0 aliphatic carbocycles. The molecule has 1 aromatic rings. The average Bonchev–Trinajstić information content (AvgIpc) is 2.73. The zero-order chi connectivity index (χ0) is 15.9. The van der Waals surface area contributed by atoms with E-state index in [0.717, 1.165) is 3.70 Å². The molecule has 0 N–H and O–H groups in total. The van der Waals surface area contributed by atoms with Crippen molar-refractivity contribution in [3.05, 3.63) is 11.0 Å². The number of aromatic nitrogens is 2. The van der Waals surface area contributed by atoms with Crippen molar-refractivity contribution in [1.82, 2.24) is 9.78 Å². The summed E-state index contributed by atoms with van der Waals surface area (Å²) >= 11 is 7.25. The van der Waals surface area contributed by atoms with Crippen molar-refractivity contribution in [3.8, 4) is 0 Å². The summed E-state index contributed by atoms with van der Waals surface area (Å²) in [6.07, 6.45) is 11.8. The maximum absolute atomic E-state index is 4.84. The van der Waals surface area contributed by atoms with E-state index in [4.69, 9.17) is 5.10 Å². The minimum absolute atomic E-state index is 0.183. The van der Waals surface area contributed by atoms with Crippen LogP contribution in [-0.4, -0.2) is 9.78 Å². The lowest BCUT2D eigenvalue weighted by atomic mass is 9.89. The van der Waals surface area contributed by atoms with Gasteiger partial charge in [-0.1, -0.05) is 58.8 Å². The second kappa shape index (κ2) is 10.3. The van der Waals surface area contributed by atoms with Gasteiger partial charge in [-0.2, -0.15) is 5.10 Å². The van der Waals surface area contributed by atoms with Crippen LogP contribution in [0.1, 0.15) is 78.6 Å². The lowest BCUT2D eigenvalue weighted by Gasteiger charge is -2.31. The van der Waals surface area contributed by atoms with Gasteiger partial charge >= 0.3 is 0 Å². The first-order valence-corrected chi connectivity index (χ1v) is 11.3. The van der Waals surface area contributed by atoms with Crippen LogP contribution in [0.3, 0.4) is 0 Å². The van der Waals surface area contributed by atoms with Crippen molar-refractivity contribution in [2.24, 2.45) is 0 Å². The first-order valence-electron chi connectivity index (χ1n) is 8.06. The van der Waals surface area contributed by atoms with E-state index in [2.05, 4.69) is 93.2 Å². The van der Waals surface area contributed by atoms with Gasteiger partial charge in [-0.05, 0) is 87.5 Å². The lowest BCUT2D eigenvalue weighted by Crippen LogP contribution is -2.32. The molecule has 0 aliphatic heterocycles. The third kappa shape index (κ3) is 6.08. The van der Waals surface area contributed by atoms with E-state index in [1.54, 1.807) is 0 Å². The third-order valence-corrected chi connectivity index (χ3v) is 8.97. The SMILES string of the molecule is CCCCCCCC(C)(CCCC)n1nc(I)c(I)c1I. The van der Waals surface area contributed by atoms with E-state index in [1.165, 1.54) is 65.1 Å². The van der Waals surface area contributed by atoms with Gasteiger partial charge < -0.3 is 0 Å². The minimum Gasteiger partial charge on any atom is -0.251 e. The van der Waals surface area contributed by atoms with Crippen LogP contribution in [0.4, 0.5) is 0 Å². The van der Waals surface area contributed by atoms with Gasteiger partial charge in [-0.3, -0.25) is 4.68 Å². The van der Waals surface area contributed by atoms with Crippen molar-refractivity contribution in [3.63, 3.8) is 0 Å². The molecule has 0 saturated heterocycles. The fourth-order valence-corrected chi connectivity index (χ4v) is 4.98. The third-order valence-electron chi connectivity index (χ3n) is 4.14. The van der Waals surface area contributed by atoms with Gasteiger partial charge in [0, 0.05) is 0 Å². The Hall–Kier alpha value is 1.40. The summed E-state index contributed by atoms with van der Waals surface area (Å²) in [5, 5.41) is 4.84. The van der Waals surface area contributed by atoms with Gasteiger partial charge in [0.15, 0.2) is 0 Å². The Morgan fingerprint density at radius 3 is 2.00 bits per heavy atom. The van der Waals surface area contributed by atoms with Crippen LogP contribution < -0.4 is 0 Å². The van der Waals surface area contributed by atoms with Crippen LogP contribution in [-0.2, 0) is 5.54 Å². The Kier molecular flexibility index (Phi) is 10.0. The molecule has 21 heavy (non-hydrogen) atoms.